The number of rotatable bonds is 8. The van der Waals surface area contributed by atoms with E-state index in [4.69, 9.17) is 16.3 Å². The number of anilines is 1. The SMILES string of the molecule is CCc1ccc(OCc2ccc(C(=O)Nc3cnn(Cn4nc(C)c(Cl)c4C)c3)cc2)cc1. The lowest BCUT2D eigenvalue weighted by molar-refractivity contribution is 0.102. The largest absolute Gasteiger partial charge is 0.489 e. The molecule has 0 spiro atoms. The molecule has 2 aromatic heterocycles. The summed E-state index contributed by atoms with van der Waals surface area (Å²) >= 11 is 6.20. The summed E-state index contributed by atoms with van der Waals surface area (Å²) < 4.78 is 9.30. The molecule has 2 aromatic carbocycles. The Labute approximate surface area is 197 Å². The first kappa shape index (κ1) is 22.6. The van der Waals surface area contributed by atoms with Crippen LogP contribution in [0.3, 0.4) is 0 Å². The molecule has 0 saturated carbocycles. The second-order valence-corrected chi connectivity index (χ2v) is 8.21. The van der Waals surface area contributed by atoms with E-state index in [1.165, 1.54) is 5.56 Å². The number of nitrogens with zero attached hydrogens (tertiary/aromatic N) is 4. The summed E-state index contributed by atoms with van der Waals surface area (Å²) in [4.78, 5) is 12.6. The molecule has 0 aliphatic heterocycles. The molecule has 0 aliphatic carbocycles. The smallest absolute Gasteiger partial charge is 0.255 e. The number of aromatic nitrogens is 4. The predicted molar refractivity (Wildman–Crippen MR) is 129 cm³/mol. The average Bonchev–Trinajstić information content (AvgIpc) is 3.37. The Kier molecular flexibility index (Phi) is 6.79. The van der Waals surface area contributed by atoms with Gasteiger partial charge in [0.15, 0.2) is 0 Å². The molecule has 0 saturated heterocycles. The molecule has 4 aromatic rings. The van der Waals surface area contributed by atoms with Gasteiger partial charge in [0.05, 0.1) is 34.5 Å². The van der Waals surface area contributed by atoms with Gasteiger partial charge >= 0.3 is 0 Å². The van der Waals surface area contributed by atoms with Gasteiger partial charge in [0.25, 0.3) is 5.91 Å². The summed E-state index contributed by atoms with van der Waals surface area (Å²) in [7, 11) is 0. The van der Waals surface area contributed by atoms with Gasteiger partial charge in [0.1, 0.15) is 19.0 Å². The molecule has 2 heterocycles. The highest BCUT2D eigenvalue weighted by atomic mass is 35.5. The van der Waals surface area contributed by atoms with Crippen molar-refractivity contribution in [3.63, 3.8) is 0 Å². The van der Waals surface area contributed by atoms with E-state index in [-0.39, 0.29) is 5.91 Å². The van der Waals surface area contributed by atoms with E-state index in [9.17, 15) is 4.79 Å². The zero-order valence-corrected chi connectivity index (χ0v) is 19.6. The van der Waals surface area contributed by atoms with Crippen LogP contribution in [0.2, 0.25) is 5.02 Å². The average molecular weight is 464 g/mol. The van der Waals surface area contributed by atoms with Gasteiger partial charge in [0.2, 0.25) is 0 Å². The van der Waals surface area contributed by atoms with Crippen LogP contribution in [0.5, 0.6) is 5.75 Å². The third kappa shape index (κ3) is 5.43. The maximum absolute atomic E-state index is 12.6. The second-order valence-electron chi connectivity index (χ2n) is 7.83. The Morgan fingerprint density at radius 1 is 1.06 bits per heavy atom. The number of aryl methyl sites for hydroxylation is 2. The lowest BCUT2D eigenvalue weighted by Crippen LogP contribution is -2.13. The quantitative estimate of drug-likeness (QED) is 0.387. The van der Waals surface area contributed by atoms with Crippen molar-refractivity contribution < 1.29 is 9.53 Å². The summed E-state index contributed by atoms with van der Waals surface area (Å²) in [5.41, 5.74) is 5.08. The molecule has 33 heavy (non-hydrogen) atoms. The Bertz CT molecular complexity index is 1240. The topological polar surface area (TPSA) is 74.0 Å². The highest BCUT2D eigenvalue weighted by molar-refractivity contribution is 6.31. The van der Waals surface area contributed by atoms with Crippen molar-refractivity contribution in [3.05, 3.63) is 94.0 Å². The zero-order valence-electron chi connectivity index (χ0n) is 18.9. The molecule has 4 rings (SSSR count). The minimum Gasteiger partial charge on any atom is -0.489 e. The molecular weight excluding hydrogens is 438 g/mol. The monoisotopic (exact) mass is 463 g/mol. The Morgan fingerprint density at radius 3 is 2.39 bits per heavy atom. The number of carbonyl (C=O) groups is 1. The first-order chi connectivity index (χ1) is 15.9. The Morgan fingerprint density at radius 2 is 1.76 bits per heavy atom. The van der Waals surface area contributed by atoms with Crippen LogP contribution in [0.25, 0.3) is 0 Å². The lowest BCUT2D eigenvalue weighted by atomic mass is 10.1. The van der Waals surface area contributed by atoms with Crippen molar-refractivity contribution in [2.24, 2.45) is 0 Å². The van der Waals surface area contributed by atoms with Crippen LogP contribution >= 0.6 is 11.6 Å². The first-order valence-electron chi connectivity index (χ1n) is 10.8. The van der Waals surface area contributed by atoms with Crippen LogP contribution in [0.1, 0.15) is 39.8 Å². The normalized spacial score (nSPS) is 10.9. The fraction of sp³-hybridized carbons (Fsp3) is 0.240. The minimum absolute atomic E-state index is 0.202. The van der Waals surface area contributed by atoms with E-state index in [1.54, 1.807) is 33.9 Å². The van der Waals surface area contributed by atoms with Crippen molar-refractivity contribution in [2.75, 3.05) is 5.32 Å². The molecule has 8 heteroatoms. The first-order valence-corrected chi connectivity index (χ1v) is 11.1. The zero-order chi connectivity index (χ0) is 23.4. The fourth-order valence-corrected chi connectivity index (χ4v) is 3.53. The van der Waals surface area contributed by atoms with E-state index in [1.807, 2.05) is 38.1 Å². The Balaban J connectivity index is 1.32. The molecule has 0 unspecified atom stereocenters. The van der Waals surface area contributed by atoms with E-state index in [0.717, 1.165) is 29.1 Å². The third-order valence-electron chi connectivity index (χ3n) is 5.42. The molecule has 0 aliphatic rings. The van der Waals surface area contributed by atoms with Crippen molar-refractivity contribution in [1.82, 2.24) is 19.6 Å². The molecular formula is C25H26ClN5O2. The van der Waals surface area contributed by atoms with Crippen LogP contribution in [0.4, 0.5) is 5.69 Å². The molecule has 0 bridgehead atoms. The lowest BCUT2D eigenvalue weighted by Gasteiger charge is -2.08. The number of hydrogen-bond donors (Lipinski definition) is 1. The molecule has 7 nitrogen and oxygen atoms in total. The third-order valence-corrected chi connectivity index (χ3v) is 5.96. The van der Waals surface area contributed by atoms with Crippen molar-refractivity contribution >= 4 is 23.2 Å². The summed E-state index contributed by atoms with van der Waals surface area (Å²) in [5.74, 6) is 0.625. The number of amides is 1. The Hall–Kier alpha value is -3.58. The van der Waals surface area contributed by atoms with Gasteiger partial charge in [-0.1, -0.05) is 42.8 Å². The van der Waals surface area contributed by atoms with Crippen molar-refractivity contribution in [3.8, 4) is 5.75 Å². The highest BCUT2D eigenvalue weighted by Crippen LogP contribution is 2.19. The molecule has 0 radical (unpaired) electrons. The van der Waals surface area contributed by atoms with E-state index >= 15 is 0 Å². The van der Waals surface area contributed by atoms with Crippen LogP contribution in [-0.4, -0.2) is 25.5 Å². The van der Waals surface area contributed by atoms with Gasteiger partial charge < -0.3 is 10.1 Å². The molecule has 1 amide bonds. The van der Waals surface area contributed by atoms with E-state index in [0.29, 0.717) is 29.5 Å². The van der Waals surface area contributed by atoms with Gasteiger partial charge in [0, 0.05) is 5.56 Å². The molecule has 0 atom stereocenters. The summed E-state index contributed by atoms with van der Waals surface area (Å²) in [6, 6.07) is 15.5. The number of hydrogen-bond acceptors (Lipinski definition) is 4. The summed E-state index contributed by atoms with van der Waals surface area (Å²) in [6.07, 6.45) is 4.37. The van der Waals surface area contributed by atoms with Gasteiger partial charge in [-0.25, -0.2) is 9.36 Å². The summed E-state index contributed by atoms with van der Waals surface area (Å²) in [5, 5.41) is 12.2. The van der Waals surface area contributed by atoms with Gasteiger partial charge in [-0.15, -0.1) is 0 Å². The number of nitrogens with one attached hydrogen (secondary N) is 1. The molecule has 1 N–H and O–H groups in total. The second kappa shape index (κ2) is 9.92. The van der Waals surface area contributed by atoms with E-state index < -0.39 is 0 Å². The number of ether oxygens (including phenoxy) is 1. The van der Waals surface area contributed by atoms with Gasteiger partial charge in [-0.2, -0.15) is 10.2 Å². The minimum atomic E-state index is -0.202. The molecule has 0 fully saturated rings. The number of halogens is 1. The van der Waals surface area contributed by atoms with E-state index in [2.05, 4.69) is 34.6 Å². The molecule has 170 valence electrons. The predicted octanol–water partition coefficient (Wildman–Crippen LogP) is 5.25. The van der Waals surface area contributed by atoms with Gasteiger partial charge in [-0.05, 0) is 55.7 Å². The van der Waals surface area contributed by atoms with Crippen LogP contribution < -0.4 is 10.1 Å². The van der Waals surface area contributed by atoms with Crippen LogP contribution in [0, 0.1) is 13.8 Å². The summed E-state index contributed by atoms with van der Waals surface area (Å²) in [6.45, 7) is 6.74. The van der Waals surface area contributed by atoms with Crippen molar-refractivity contribution in [1.29, 1.82) is 0 Å². The fourth-order valence-electron chi connectivity index (χ4n) is 3.40. The maximum atomic E-state index is 12.6. The van der Waals surface area contributed by atoms with Crippen LogP contribution in [0.15, 0.2) is 60.9 Å². The van der Waals surface area contributed by atoms with Crippen molar-refractivity contribution in [2.45, 2.75) is 40.5 Å². The standard InChI is InChI=1S/C25H26ClN5O2/c1-4-19-7-11-23(12-8-19)33-15-20-5-9-21(10-6-20)25(32)28-22-13-27-30(14-22)16-31-18(3)24(26)17(2)29-31/h5-14H,4,15-16H2,1-3H3,(H,28,32). The van der Waals surface area contributed by atoms with Gasteiger partial charge in [-0.3, -0.25) is 4.79 Å². The maximum Gasteiger partial charge on any atom is 0.255 e. The van der Waals surface area contributed by atoms with Crippen LogP contribution in [-0.2, 0) is 19.7 Å². The number of benzene rings is 2. The number of carbonyl (C=O) groups excluding carboxylic acids is 1. The highest BCUT2D eigenvalue weighted by Gasteiger charge is 2.11.